The summed E-state index contributed by atoms with van der Waals surface area (Å²) in [6.07, 6.45) is 2.05. The fraction of sp³-hybridized carbons (Fsp3) is 0.333. The number of amides is 3. The molecule has 90 valence electrons. The molecule has 5 heteroatoms. The van der Waals surface area contributed by atoms with E-state index in [9.17, 15) is 9.59 Å². The van der Waals surface area contributed by atoms with Gasteiger partial charge in [0.1, 0.15) is 0 Å². The van der Waals surface area contributed by atoms with Crippen molar-refractivity contribution in [1.29, 1.82) is 0 Å². The average molecular weight is 233 g/mol. The highest BCUT2D eigenvalue weighted by molar-refractivity contribution is 5.93. The molecule has 0 fully saturated rings. The maximum absolute atomic E-state index is 11.2. The largest absolute Gasteiger partial charge is 0.352 e. The van der Waals surface area contributed by atoms with Crippen molar-refractivity contribution in [2.24, 2.45) is 5.73 Å². The lowest BCUT2D eigenvalue weighted by atomic mass is 9.99. The Labute approximate surface area is 99.4 Å². The smallest absolute Gasteiger partial charge is 0.312 e. The number of primary amides is 1. The molecule has 0 bridgehead atoms. The van der Waals surface area contributed by atoms with E-state index in [2.05, 4.69) is 16.7 Å². The van der Waals surface area contributed by atoms with E-state index in [-0.39, 0.29) is 5.91 Å². The first kappa shape index (κ1) is 11.4. The molecule has 3 amide bonds. The molecule has 0 saturated heterocycles. The number of carbonyl (C=O) groups is 2. The zero-order chi connectivity index (χ0) is 12.3. The highest BCUT2D eigenvalue weighted by Crippen LogP contribution is 2.23. The van der Waals surface area contributed by atoms with Gasteiger partial charge in [-0.15, -0.1) is 0 Å². The third-order valence-corrected chi connectivity index (χ3v) is 2.78. The van der Waals surface area contributed by atoms with Crippen molar-refractivity contribution in [1.82, 2.24) is 5.32 Å². The highest BCUT2D eigenvalue weighted by Gasteiger charge is 2.14. The van der Waals surface area contributed by atoms with E-state index < -0.39 is 6.03 Å². The number of rotatable bonds is 3. The molecule has 0 aromatic heterocycles. The Kier molecular flexibility index (Phi) is 3.27. The summed E-state index contributed by atoms with van der Waals surface area (Å²) in [5.74, 6) is 0.0700. The molecular formula is C12H15N3O2. The standard InChI is InChI=1S/C12H15N3O2/c13-12(17)14-6-5-8-1-3-10-9(7-8)2-4-11(16)15-10/h1,3,7H,2,4-6H2,(H,15,16)(H3,13,14,17). The lowest BCUT2D eigenvalue weighted by Crippen LogP contribution is -2.31. The van der Waals surface area contributed by atoms with Gasteiger partial charge in [-0.3, -0.25) is 4.79 Å². The number of urea groups is 1. The molecule has 1 aromatic rings. The van der Waals surface area contributed by atoms with E-state index in [1.54, 1.807) is 0 Å². The minimum absolute atomic E-state index is 0.0700. The van der Waals surface area contributed by atoms with E-state index in [0.717, 1.165) is 29.7 Å². The molecular weight excluding hydrogens is 218 g/mol. The summed E-state index contributed by atoms with van der Waals surface area (Å²) < 4.78 is 0. The number of carbonyl (C=O) groups excluding carboxylic acids is 2. The van der Waals surface area contributed by atoms with E-state index >= 15 is 0 Å². The average Bonchev–Trinajstić information content (AvgIpc) is 2.29. The fourth-order valence-electron chi connectivity index (χ4n) is 1.92. The molecule has 0 unspecified atom stereocenters. The summed E-state index contributed by atoms with van der Waals surface area (Å²) in [4.78, 5) is 21.7. The van der Waals surface area contributed by atoms with Crippen LogP contribution in [0, 0.1) is 0 Å². The van der Waals surface area contributed by atoms with Crippen LogP contribution in [0.4, 0.5) is 10.5 Å². The van der Waals surface area contributed by atoms with Gasteiger partial charge in [0.2, 0.25) is 5.91 Å². The van der Waals surface area contributed by atoms with Crippen LogP contribution < -0.4 is 16.4 Å². The Morgan fingerprint density at radius 2 is 2.24 bits per heavy atom. The van der Waals surface area contributed by atoms with Gasteiger partial charge in [0.25, 0.3) is 0 Å². The Morgan fingerprint density at radius 3 is 3.00 bits per heavy atom. The highest BCUT2D eigenvalue weighted by atomic mass is 16.2. The fourth-order valence-corrected chi connectivity index (χ4v) is 1.92. The predicted octanol–water partition coefficient (Wildman–Crippen LogP) is 0.782. The molecule has 0 atom stereocenters. The lowest BCUT2D eigenvalue weighted by molar-refractivity contribution is -0.116. The van der Waals surface area contributed by atoms with Crippen LogP contribution in [0.25, 0.3) is 0 Å². The molecule has 1 aliphatic heterocycles. The normalized spacial score (nSPS) is 13.8. The van der Waals surface area contributed by atoms with Crippen LogP contribution in [0.2, 0.25) is 0 Å². The SMILES string of the molecule is NC(=O)NCCc1ccc2c(c1)CCC(=O)N2. The van der Waals surface area contributed by atoms with Gasteiger partial charge in [0.05, 0.1) is 0 Å². The van der Waals surface area contributed by atoms with Crippen LogP contribution >= 0.6 is 0 Å². The summed E-state index contributed by atoms with van der Waals surface area (Å²) in [6.45, 7) is 0.528. The van der Waals surface area contributed by atoms with E-state index in [1.807, 2.05) is 12.1 Å². The van der Waals surface area contributed by atoms with Crippen molar-refractivity contribution in [2.45, 2.75) is 19.3 Å². The van der Waals surface area contributed by atoms with Gasteiger partial charge in [-0.2, -0.15) is 0 Å². The zero-order valence-electron chi connectivity index (χ0n) is 9.45. The Morgan fingerprint density at radius 1 is 1.41 bits per heavy atom. The number of nitrogens with one attached hydrogen (secondary N) is 2. The Hall–Kier alpha value is -2.04. The number of benzene rings is 1. The summed E-state index contributed by atoms with van der Waals surface area (Å²) in [7, 11) is 0. The predicted molar refractivity (Wildman–Crippen MR) is 64.7 cm³/mol. The van der Waals surface area contributed by atoms with Gasteiger partial charge in [-0.05, 0) is 30.0 Å². The van der Waals surface area contributed by atoms with Crippen molar-refractivity contribution in [3.8, 4) is 0 Å². The van der Waals surface area contributed by atoms with Gasteiger partial charge in [-0.1, -0.05) is 12.1 Å². The number of fused-ring (bicyclic) bond motifs is 1. The second-order valence-electron chi connectivity index (χ2n) is 4.08. The second kappa shape index (κ2) is 4.86. The van der Waals surface area contributed by atoms with Crippen molar-refractivity contribution in [3.63, 3.8) is 0 Å². The minimum atomic E-state index is -0.504. The molecule has 2 rings (SSSR count). The number of anilines is 1. The van der Waals surface area contributed by atoms with Gasteiger partial charge in [-0.25, -0.2) is 4.79 Å². The molecule has 1 heterocycles. The molecule has 4 N–H and O–H groups in total. The van der Waals surface area contributed by atoms with Crippen LogP contribution in [0.5, 0.6) is 0 Å². The van der Waals surface area contributed by atoms with Gasteiger partial charge < -0.3 is 16.4 Å². The lowest BCUT2D eigenvalue weighted by Gasteiger charge is -2.17. The Bertz CT molecular complexity index is 457. The molecule has 5 nitrogen and oxygen atoms in total. The van der Waals surface area contributed by atoms with Crippen LogP contribution in [0.15, 0.2) is 18.2 Å². The molecule has 0 aliphatic carbocycles. The topological polar surface area (TPSA) is 84.2 Å². The number of aryl methyl sites for hydroxylation is 1. The van der Waals surface area contributed by atoms with Gasteiger partial charge in [0.15, 0.2) is 0 Å². The molecule has 0 radical (unpaired) electrons. The third kappa shape index (κ3) is 2.96. The quantitative estimate of drug-likeness (QED) is 0.720. The van der Waals surface area contributed by atoms with Crippen molar-refractivity contribution < 1.29 is 9.59 Å². The van der Waals surface area contributed by atoms with Crippen LogP contribution in [-0.2, 0) is 17.6 Å². The van der Waals surface area contributed by atoms with E-state index in [4.69, 9.17) is 5.73 Å². The first-order chi connectivity index (χ1) is 8.15. The maximum Gasteiger partial charge on any atom is 0.312 e. The summed E-state index contributed by atoms with van der Waals surface area (Å²) >= 11 is 0. The van der Waals surface area contributed by atoms with E-state index in [0.29, 0.717) is 13.0 Å². The first-order valence-electron chi connectivity index (χ1n) is 5.60. The monoisotopic (exact) mass is 233 g/mol. The summed E-state index contributed by atoms with van der Waals surface area (Å²) in [6, 6.07) is 5.42. The first-order valence-corrected chi connectivity index (χ1v) is 5.60. The molecule has 17 heavy (non-hydrogen) atoms. The molecule has 0 spiro atoms. The molecule has 1 aromatic carbocycles. The molecule has 1 aliphatic rings. The number of hydrogen-bond acceptors (Lipinski definition) is 2. The molecule has 0 saturated carbocycles. The number of hydrogen-bond donors (Lipinski definition) is 3. The van der Waals surface area contributed by atoms with Gasteiger partial charge >= 0.3 is 6.03 Å². The van der Waals surface area contributed by atoms with Crippen LogP contribution in [0.1, 0.15) is 17.5 Å². The number of nitrogens with two attached hydrogens (primary N) is 1. The van der Waals surface area contributed by atoms with Crippen molar-refractivity contribution in [3.05, 3.63) is 29.3 Å². The van der Waals surface area contributed by atoms with Crippen LogP contribution in [0.3, 0.4) is 0 Å². The van der Waals surface area contributed by atoms with E-state index in [1.165, 1.54) is 0 Å². The van der Waals surface area contributed by atoms with Gasteiger partial charge in [0, 0.05) is 18.7 Å². The summed E-state index contributed by atoms with van der Waals surface area (Å²) in [5, 5.41) is 5.38. The zero-order valence-corrected chi connectivity index (χ0v) is 9.45. The third-order valence-electron chi connectivity index (χ3n) is 2.78. The van der Waals surface area contributed by atoms with Crippen LogP contribution in [-0.4, -0.2) is 18.5 Å². The maximum atomic E-state index is 11.2. The van der Waals surface area contributed by atoms with Crippen molar-refractivity contribution in [2.75, 3.05) is 11.9 Å². The second-order valence-corrected chi connectivity index (χ2v) is 4.08. The van der Waals surface area contributed by atoms with Crippen molar-refractivity contribution >= 4 is 17.6 Å². The minimum Gasteiger partial charge on any atom is -0.352 e. The summed E-state index contributed by atoms with van der Waals surface area (Å²) in [5.41, 5.74) is 8.17. The Balaban J connectivity index is 2.01.